The van der Waals surface area contributed by atoms with E-state index in [1.54, 1.807) is 16.9 Å². The minimum Gasteiger partial charge on any atom is -0.234 e. The molecule has 78 valence electrons. The van der Waals surface area contributed by atoms with Gasteiger partial charge in [-0.1, -0.05) is 11.6 Å². The van der Waals surface area contributed by atoms with Gasteiger partial charge in [0, 0.05) is 6.20 Å². The Bertz CT molecular complexity index is 509. The largest absolute Gasteiger partial charge is 0.234 e. The van der Waals surface area contributed by atoms with Crippen molar-refractivity contribution in [1.82, 2.24) is 19.7 Å². The molecule has 0 spiro atoms. The topological polar surface area (TPSA) is 43.6 Å². The summed E-state index contributed by atoms with van der Waals surface area (Å²) in [4.78, 5) is 8.41. The maximum Gasteiger partial charge on any atom is 0.169 e. The second kappa shape index (κ2) is 3.90. The molecule has 0 aliphatic rings. The van der Waals surface area contributed by atoms with Crippen molar-refractivity contribution in [3.05, 3.63) is 33.4 Å². The van der Waals surface area contributed by atoms with Crippen molar-refractivity contribution in [1.29, 1.82) is 0 Å². The van der Waals surface area contributed by atoms with Crippen LogP contribution in [0, 0.1) is 13.8 Å². The molecule has 2 aromatic rings. The lowest BCUT2D eigenvalue weighted by Crippen LogP contribution is -2.03. The minimum absolute atomic E-state index is 0.583. The van der Waals surface area contributed by atoms with Crippen LogP contribution in [0.4, 0.5) is 0 Å². The average Bonchev–Trinajstić information content (AvgIpc) is 2.45. The molecule has 0 aromatic carbocycles. The van der Waals surface area contributed by atoms with Crippen LogP contribution in [0.3, 0.4) is 0 Å². The fourth-order valence-electron chi connectivity index (χ4n) is 1.28. The molecular formula is C9H8BrClN4. The average molecular weight is 288 g/mol. The predicted octanol–water partition coefficient (Wildman–Crippen LogP) is 2.70. The van der Waals surface area contributed by atoms with E-state index in [4.69, 9.17) is 11.6 Å². The second-order valence-electron chi connectivity index (χ2n) is 3.08. The molecule has 0 radical (unpaired) electrons. The van der Waals surface area contributed by atoms with Crippen LogP contribution in [0.15, 0.2) is 16.7 Å². The molecule has 2 rings (SSSR count). The number of rotatable bonds is 1. The highest BCUT2D eigenvalue weighted by Gasteiger charge is 2.10. The van der Waals surface area contributed by atoms with Crippen LogP contribution >= 0.6 is 27.5 Å². The molecule has 2 aromatic heterocycles. The van der Waals surface area contributed by atoms with Crippen LogP contribution in [0.25, 0.3) is 5.82 Å². The van der Waals surface area contributed by atoms with Gasteiger partial charge in [0.15, 0.2) is 5.82 Å². The van der Waals surface area contributed by atoms with Crippen molar-refractivity contribution in [2.45, 2.75) is 13.8 Å². The summed E-state index contributed by atoms with van der Waals surface area (Å²) in [6.45, 7) is 3.72. The zero-order chi connectivity index (χ0) is 11.0. The van der Waals surface area contributed by atoms with Crippen LogP contribution in [0.2, 0.25) is 5.02 Å². The molecule has 0 amide bonds. The lowest BCUT2D eigenvalue weighted by molar-refractivity contribution is 0.799. The molecule has 0 saturated heterocycles. The van der Waals surface area contributed by atoms with Crippen LogP contribution in [0.5, 0.6) is 0 Å². The number of nitrogens with zero attached hydrogens (tertiary/aromatic N) is 4. The molecule has 0 saturated carbocycles. The number of hydrogen-bond donors (Lipinski definition) is 0. The van der Waals surface area contributed by atoms with Crippen molar-refractivity contribution < 1.29 is 0 Å². The number of hydrogen-bond acceptors (Lipinski definition) is 3. The molecule has 0 bridgehead atoms. The van der Waals surface area contributed by atoms with Gasteiger partial charge in [0.2, 0.25) is 0 Å². The third-order valence-electron chi connectivity index (χ3n) is 1.86. The van der Waals surface area contributed by atoms with E-state index >= 15 is 0 Å². The van der Waals surface area contributed by atoms with E-state index < -0.39 is 0 Å². The lowest BCUT2D eigenvalue weighted by Gasteiger charge is -2.04. The van der Waals surface area contributed by atoms with Crippen molar-refractivity contribution in [2.24, 2.45) is 0 Å². The van der Waals surface area contributed by atoms with Gasteiger partial charge in [0.05, 0.1) is 9.50 Å². The van der Waals surface area contributed by atoms with E-state index in [1.807, 2.05) is 13.8 Å². The molecule has 0 N–H and O–H groups in total. The summed E-state index contributed by atoms with van der Waals surface area (Å²) >= 11 is 9.20. The van der Waals surface area contributed by atoms with Crippen molar-refractivity contribution in [2.75, 3.05) is 0 Å². The summed E-state index contributed by atoms with van der Waals surface area (Å²) in [5.74, 6) is 2.21. The highest BCUT2D eigenvalue weighted by atomic mass is 79.9. The van der Waals surface area contributed by atoms with E-state index in [2.05, 4.69) is 31.0 Å². The molecule has 0 unspecified atom stereocenters. The van der Waals surface area contributed by atoms with Gasteiger partial charge in [0.25, 0.3) is 0 Å². The second-order valence-corrected chi connectivity index (χ2v) is 4.37. The zero-order valence-electron chi connectivity index (χ0n) is 8.20. The Balaban J connectivity index is 2.59. The highest BCUT2D eigenvalue weighted by molar-refractivity contribution is 9.10. The Morgan fingerprint density at radius 3 is 2.67 bits per heavy atom. The predicted molar refractivity (Wildman–Crippen MR) is 61.3 cm³/mol. The fourth-order valence-corrected chi connectivity index (χ4v) is 2.09. The van der Waals surface area contributed by atoms with Gasteiger partial charge >= 0.3 is 0 Å². The number of aryl methyl sites for hydroxylation is 2. The first kappa shape index (κ1) is 10.6. The van der Waals surface area contributed by atoms with Gasteiger partial charge in [-0.25, -0.2) is 9.97 Å². The molecule has 2 heterocycles. The Labute approximate surface area is 100 Å². The molecular weight excluding hydrogens is 279 g/mol. The third-order valence-corrected chi connectivity index (χ3v) is 2.65. The number of halogens is 2. The van der Waals surface area contributed by atoms with Crippen molar-refractivity contribution >= 4 is 27.5 Å². The van der Waals surface area contributed by atoms with Crippen LogP contribution in [-0.2, 0) is 0 Å². The van der Waals surface area contributed by atoms with Gasteiger partial charge in [-0.2, -0.15) is 4.68 Å². The van der Waals surface area contributed by atoms with Crippen molar-refractivity contribution in [3.8, 4) is 5.82 Å². The Kier molecular flexibility index (Phi) is 2.75. The Morgan fingerprint density at radius 1 is 1.40 bits per heavy atom. The first-order chi connectivity index (χ1) is 7.08. The van der Waals surface area contributed by atoms with Gasteiger partial charge in [-0.15, -0.1) is 5.10 Å². The zero-order valence-corrected chi connectivity index (χ0v) is 10.5. The SMILES string of the molecule is Cc1nc(C)n(-c2ncc(Cl)cc2Br)n1. The molecule has 15 heavy (non-hydrogen) atoms. The summed E-state index contributed by atoms with van der Waals surface area (Å²) in [6.07, 6.45) is 1.58. The maximum atomic E-state index is 5.81. The van der Waals surface area contributed by atoms with Gasteiger partial charge in [-0.05, 0) is 35.8 Å². The number of pyridine rings is 1. The molecule has 0 aliphatic carbocycles. The van der Waals surface area contributed by atoms with Crippen molar-refractivity contribution in [3.63, 3.8) is 0 Å². The summed E-state index contributed by atoms with van der Waals surface area (Å²) in [6, 6.07) is 1.78. The lowest BCUT2D eigenvalue weighted by atomic mass is 10.4. The summed E-state index contributed by atoms with van der Waals surface area (Å²) in [7, 11) is 0. The number of aromatic nitrogens is 4. The molecule has 4 nitrogen and oxygen atoms in total. The summed E-state index contributed by atoms with van der Waals surface area (Å²) in [5, 5.41) is 4.82. The normalized spacial score (nSPS) is 10.7. The van der Waals surface area contributed by atoms with Crippen LogP contribution in [-0.4, -0.2) is 19.7 Å². The first-order valence-corrected chi connectivity index (χ1v) is 5.46. The fraction of sp³-hybridized carbons (Fsp3) is 0.222. The Morgan fingerprint density at radius 2 is 2.13 bits per heavy atom. The van der Waals surface area contributed by atoms with Crippen LogP contribution < -0.4 is 0 Å². The van der Waals surface area contributed by atoms with Gasteiger partial charge < -0.3 is 0 Å². The van der Waals surface area contributed by atoms with Crippen LogP contribution in [0.1, 0.15) is 11.6 Å². The summed E-state index contributed by atoms with van der Waals surface area (Å²) < 4.78 is 2.47. The maximum absolute atomic E-state index is 5.81. The van der Waals surface area contributed by atoms with E-state index in [1.165, 1.54) is 0 Å². The van der Waals surface area contributed by atoms with Gasteiger partial charge in [0.1, 0.15) is 11.6 Å². The molecule has 6 heteroatoms. The molecule has 0 atom stereocenters. The van der Waals surface area contributed by atoms with E-state index in [0.717, 1.165) is 16.1 Å². The highest BCUT2D eigenvalue weighted by Crippen LogP contribution is 2.22. The molecule has 0 fully saturated rings. The smallest absolute Gasteiger partial charge is 0.169 e. The minimum atomic E-state index is 0.583. The quantitative estimate of drug-likeness (QED) is 0.810. The standard InChI is InChI=1S/C9H8BrClN4/c1-5-13-6(2)15(14-5)9-8(10)3-7(11)4-12-9/h3-4H,1-2H3. The first-order valence-electron chi connectivity index (χ1n) is 4.29. The van der Waals surface area contributed by atoms with Gasteiger partial charge in [-0.3, -0.25) is 0 Å². The summed E-state index contributed by atoms with van der Waals surface area (Å²) in [5.41, 5.74) is 0. The van der Waals surface area contributed by atoms with E-state index in [-0.39, 0.29) is 0 Å². The van der Waals surface area contributed by atoms with E-state index in [0.29, 0.717) is 10.8 Å². The third kappa shape index (κ3) is 2.03. The van der Waals surface area contributed by atoms with E-state index in [9.17, 15) is 0 Å². The Hall–Kier alpha value is -0.940. The monoisotopic (exact) mass is 286 g/mol. The molecule has 0 aliphatic heterocycles.